The normalized spacial score (nSPS) is 14.5. The van der Waals surface area contributed by atoms with Gasteiger partial charge in [-0.3, -0.25) is 4.79 Å². The van der Waals surface area contributed by atoms with E-state index in [1.807, 2.05) is 6.92 Å². The standard InChI is InChI=1S/C16H23NO5/c1-5-10-16(3,15(19)20)17-14(18)11(2)22-13-8-6-12(21-4)7-9-13/h6-9,11H,5,10H2,1-4H3,(H,17,18)(H,19,20). The molecule has 0 aliphatic heterocycles. The number of benzene rings is 1. The summed E-state index contributed by atoms with van der Waals surface area (Å²) >= 11 is 0. The monoisotopic (exact) mass is 309 g/mol. The van der Waals surface area contributed by atoms with E-state index in [1.54, 1.807) is 38.3 Å². The van der Waals surface area contributed by atoms with Crippen molar-refractivity contribution in [3.05, 3.63) is 24.3 Å². The van der Waals surface area contributed by atoms with Gasteiger partial charge < -0.3 is 19.9 Å². The maximum Gasteiger partial charge on any atom is 0.329 e. The van der Waals surface area contributed by atoms with Crippen LogP contribution in [0.5, 0.6) is 11.5 Å². The molecule has 0 saturated heterocycles. The number of hydrogen-bond acceptors (Lipinski definition) is 4. The number of nitrogens with one attached hydrogen (secondary N) is 1. The highest BCUT2D eigenvalue weighted by atomic mass is 16.5. The Labute approximate surface area is 130 Å². The second-order valence-electron chi connectivity index (χ2n) is 5.31. The molecule has 0 spiro atoms. The van der Waals surface area contributed by atoms with Crippen molar-refractivity contribution in [2.24, 2.45) is 0 Å². The van der Waals surface area contributed by atoms with E-state index in [0.29, 0.717) is 24.3 Å². The first-order valence-electron chi connectivity index (χ1n) is 7.18. The van der Waals surface area contributed by atoms with Crippen LogP contribution in [-0.4, -0.2) is 35.7 Å². The predicted molar refractivity (Wildman–Crippen MR) is 82.2 cm³/mol. The fraction of sp³-hybridized carbons (Fsp3) is 0.500. The first-order chi connectivity index (χ1) is 10.3. The molecular weight excluding hydrogens is 286 g/mol. The van der Waals surface area contributed by atoms with E-state index in [4.69, 9.17) is 9.47 Å². The number of amides is 1. The van der Waals surface area contributed by atoms with Gasteiger partial charge in [-0.05, 0) is 44.5 Å². The average Bonchev–Trinajstić information content (AvgIpc) is 2.48. The van der Waals surface area contributed by atoms with Gasteiger partial charge in [0.2, 0.25) is 0 Å². The summed E-state index contributed by atoms with van der Waals surface area (Å²) < 4.78 is 10.6. The third-order valence-corrected chi connectivity index (χ3v) is 3.36. The smallest absolute Gasteiger partial charge is 0.329 e. The zero-order valence-corrected chi connectivity index (χ0v) is 13.4. The molecule has 0 aromatic heterocycles. The molecule has 2 unspecified atom stereocenters. The number of methoxy groups -OCH3 is 1. The van der Waals surface area contributed by atoms with Crippen LogP contribution in [0.4, 0.5) is 0 Å². The Balaban J connectivity index is 2.69. The minimum Gasteiger partial charge on any atom is -0.497 e. The van der Waals surface area contributed by atoms with Gasteiger partial charge in [-0.1, -0.05) is 13.3 Å². The van der Waals surface area contributed by atoms with Gasteiger partial charge in [-0.2, -0.15) is 0 Å². The van der Waals surface area contributed by atoms with Crippen molar-refractivity contribution in [3.8, 4) is 11.5 Å². The van der Waals surface area contributed by atoms with Gasteiger partial charge in [0.1, 0.15) is 17.0 Å². The van der Waals surface area contributed by atoms with E-state index in [-0.39, 0.29) is 0 Å². The minimum atomic E-state index is -1.29. The molecule has 1 aromatic rings. The lowest BCUT2D eigenvalue weighted by Crippen LogP contribution is -2.55. The summed E-state index contributed by atoms with van der Waals surface area (Å²) in [6.07, 6.45) is 0.198. The highest BCUT2D eigenvalue weighted by molar-refractivity contribution is 5.88. The lowest BCUT2D eigenvalue weighted by atomic mass is 9.96. The van der Waals surface area contributed by atoms with E-state index in [0.717, 1.165) is 0 Å². The molecule has 0 saturated carbocycles. The fourth-order valence-corrected chi connectivity index (χ4v) is 2.01. The fourth-order valence-electron chi connectivity index (χ4n) is 2.01. The van der Waals surface area contributed by atoms with Gasteiger partial charge >= 0.3 is 5.97 Å². The van der Waals surface area contributed by atoms with Gasteiger partial charge in [0.15, 0.2) is 6.10 Å². The zero-order chi connectivity index (χ0) is 16.8. The SMILES string of the molecule is CCCC(C)(NC(=O)C(C)Oc1ccc(OC)cc1)C(=O)O. The Morgan fingerprint density at radius 1 is 1.27 bits per heavy atom. The van der Waals surface area contributed by atoms with Crippen molar-refractivity contribution in [3.63, 3.8) is 0 Å². The molecule has 0 heterocycles. The molecule has 2 N–H and O–H groups in total. The molecule has 0 fully saturated rings. The average molecular weight is 309 g/mol. The van der Waals surface area contributed by atoms with E-state index < -0.39 is 23.5 Å². The number of carbonyl (C=O) groups excluding carboxylic acids is 1. The first-order valence-corrected chi connectivity index (χ1v) is 7.18. The molecule has 122 valence electrons. The molecule has 2 atom stereocenters. The van der Waals surface area contributed by atoms with Crippen LogP contribution in [-0.2, 0) is 9.59 Å². The van der Waals surface area contributed by atoms with E-state index in [9.17, 15) is 14.7 Å². The molecule has 0 aliphatic rings. The van der Waals surface area contributed by atoms with E-state index in [2.05, 4.69) is 5.32 Å². The Morgan fingerprint density at radius 3 is 2.27 bits per heavy atom. The number of hydrogen-bond donors (Lipinski definition) is 2. The number of carboxylic acid groups (broad SMARTS) is 1. The molecule has 0 radical (unpaired) electrons. The van der Waals surface area contributed by atoms with Crippen LogP contribution in [0.1, 0.15) is 33.6 Å². The summed E-state index contributed by atoms with van der Waals surface area (Å²) in [5, 5.41) is 11.8. The molecule has 0 aliphatic carbocycles. The summed E-state index contributed by atoms with van der Waals surface area (Å²) in [7, 11) is 1.56. The van der Waals surface area contributed by atoms with Crippen LogP contribution in [0, 0.1) is 0 Å². The third kappa shape index (κ3) is 4.65. The molecule has 6 heteroatoms. The lowest BCUT2D eigenvalue weighted by Gasteiger charge is -2.27. The maximum atomic E-state index is 12.1. The maximum absolute atomic E-state index is 12.1. The van der Waals surface area contributed by atoms with Gasteiger partial charge in [0.25, 0.3) is 5.91 Å². The van der Waals surface area contributed by atoms with Crippen molar-refractivity contribution < 1.29 is 24.2 Å². The van der Waals surface area contributed by atoms with Crippen molar-refractivity contribution >= 4 is 11.9 Å². The van der Waals surface area contributed by atoms with Crippen molar-refractivity contribution in [1.82, 2.24) is 5.32 Å². The number of carboxylic acids is 1. The van der Waals surface area contributed by atoms with Gasteiger partial charge in [-0.25, -0.2) is 4.79 Å². The highest BCUT2D eigenvalue weighted by Crippen LogP contribution is 2.19. The Bertz CT molecular complexity index is 514. The summed E-state index contributed by atoms with van der Waals surface area (Å²) in [6.45, 7) is 4.94. The largest absolute Gasteiger partial charge is 0.497 e. The third-order valence-electron chi connectivity index (χ3n) is 3.36. The Hall–Kier alpha value is -2.24. The molecule has 1 amide bonds. The predicted octanol–water partition coefficient (Wildman–Crippen LogP) is 2.22. The molecule has 1 aromatic carbocycles. The first kappa shape index (κ1) is 17.8. The van der Waals surface area contributed by atoms with Crippen LogP contribution in [0.2, 0.25) is 0 Å². The highest BCUT2D eigenvalue weighted by Gasteiger charge is 2.35. The van der Waals surface area contributed by atoms with Crippen LogP contribution in [0.3, 0.4) is 0 Å². The Morgan fingerprint density at radius 2 is 1.82 bits per heavy atom. The molecule has 6 nitrogen and oxygen atoms in total. The van der Waals surface area contributed by atoms with E-state index in [1.165, 1.54) is 6.92 Å². The number of rotatable bonds is 8. The zero-order valence-electron chi connectivity index (χ0n) is 13.4. The van der Waals surface area contributed by atoms with Crippen LogP contribution in [0.25, 0.3) is 0 Å². The van der Waals surface area contributed by atoms with Crippen molar-refractivity contribution in [2.75, 3.05) is 7.11 Å². The summed E-state index contributed by atoms with van der Waals surface area (Å²) in [5.74, 6) is -0.324. The van der Waals surface area contributed by atoms with Gasteiger partial charge in [0.05, 0.1) is 7.11 Å². The summed E-state index contributed by atoms with van der Waals surface area (Å²) in [6, 6.07) is 6.81. The number of aliphatic carboxylic acids is 1. The molecular formula is C16H23NO5. The summed E-state index contributed by atoms with van der Waals surface area (Å²) in [4.78, 5) is 23.5. The van der Waals surface area contributed by atoms with Crippen molar-refractivity contribution in [1.29, 1.82) is 0 Å². The van der Waals surface area contributed by atoms with Crippen molar-refractivity contribution in [2.45, 2.75) is 45.3 Å². The molecule has 22 heavy (non-hydrogen) atoms. The van der Waals surface area contributed by atoms with E-state index >= 15 is 0 Å². The number of ether oxygens (including phenoxy) is 2. The van der Waals surface area contributed by atoms with Crippen LogP contribution < -0.4 is 14.8 Å². The summed E-state index contributed by atoms with van der Waals surface area (Å²) in [5.41, 5.74) is -1.29. The molecule has 1 rings (SSSR count). The second-order valence-corrected chi connectivity index (χ2v) is 5.31. The quantitative estimate of drug-likeness (QED) is 0.769. The Kier molecular flexibility index (Phi) is 6.22. The minimum absolute atomic E-state index is 0.351. The topological polar surface area (TPSA) is 84.9 Å². The number of carbonyl (C=O) groups is 2. The lowest BCUT2D eigenvalue weighted by molar-refractivity contribution is -0.148. The molecule has 0 bridgehead atoms. The second kappa shape index (κ2) is 7.68. The van der Waals surface area contributed by atoms with Crippen LogP contribution >= 0.6 is 0 Å². The van der Waals surface area contributed by atoms with Crippen LogP contribution in [0.15, 0.2) is 24.3 Å². The van der Waals surface area contributed by atoms with Gasteiger partial charge in [-0.15, -0.1) is 0 Å². The van der Waals surface area contributed by atoms with Gasteiger partial charge in [0, 0.05) is 0 Å².